The Kier molecular flexibility index (Phi) is 10.8. The van der Waals surface area contributed by atoms with Crippen LogP contribution in [0.1, 0.15) is 27.7 Å². The number of benzene rings is 2. The molecule has 0 radical (unpaired) electrons. The van der Waals surface area contributed by atoms with Gasteiger partial charge in [-0.25, -0.2) is 47.5 Å². The predicted molar refractivity (Wildman–Crippen MR) is 214 cm³/mol. The smallest absolute Gasteiger partial charge is 0.443 e. The molecule has 10 aromatic rings. The molecule has 20 nitrogen and oxygen atoms in total. The Morgan fingerprint density at radius 1 is 0.469 bits per heavy atom. The summed E-state index contributed by atoms with van der Waals surface area (Å²) >= 11 is 17.3. The van der Waals surface area contributed by atoms with E-state index in [0.29, 0.717) is 16.7 Å². The van der Waals surface area contributed by atoms with Gasteiger partial charge in [0.05, 0.1) is 23.6 Å². The van der Waals surface area contributed by atoms with E-state index in [4.69, 9.17) is 61.8 Å². The molecule has 0 atom stereocenters. The van der Waals surface area contributed by atoms with Gasteiger partial charge in [-0.15, -0.1) is 0 Å². The number of nitrogens with zero attached hydrogens (tertiary/aromatic N) is 14. The standard InChI is InChI=1S/C15H4ClF2N7O2.C13H14BF2NO3.C8H2Cl2N6O/c16-15-24-10(13-21-7-1-5(17)6(18)2-9(7)26-13)23-11(25-15)14-22-8-3-19-4-20-12(8)27-14;1-12(2)13(3,4)20-14(19-12)11-17-9-5-7(15)8(16)6-10(9)18-11;9-7-14-4(15-8(10)16-7)6-13-3-1-11-2-12-5(3)17-6/h1-4H;5-6H,1-4H3;1-2H. The van der Waals surface area contributed by atoms with E-state index in [1.54, 1.807) is 0 Å². The van der Waals surface area contributed by atoms with Gasteiger partial charge in [0, 0.05) is 24.3 Å². The maximum atomic E-state index is 13.4. The normalized spacial score (nSPS) is 14.3. The van der Waals surface area contributed by atoms with Crippen LogP contribution in [0.25, 0.3) is 79.8 Å². The Hall–Kier alpha value is -6.93. The van der Waals surface area contributed by atoms with Crippen LogP contribution in [0.4, 0.5) is 17.6 Å². The monoisotopic (exact) mass is 936 g/mol. The minimum atomic E-state index is -1.06. The summed E-state index contributed by atoms with van der Waals surface area (Å²) in [4.78, 5) is 55.3. The molecule has 1 saturated heterocycles. The largest absolute Gasteiger partial charge is 0.554 e. The first kappa shape index (κ1) is 42.4. The number of rotatable bonds is 4. The Labute approximate surface area is 368 Å². The van der Waals surface area contributed by atoms with Crippen LogP contribution in [0.3, 0.4) is 0 Å². The zero-order valence-electron chi connectivity index (χ0n) is 32.6. The topological polar surface area (TPSA) is 251 Å². The van der Waals surface area contributed by atoms with Crippen molar-refractivity contribution in [3.05, 3.63) is 88.4 Å². The average molecular weight is 938 g/mol. The minimum Gasteiger partial charge on any atom is -0.443 e. The number of hydrogen-bond acceptors (Lipinski definition) is 20. The molecular formula is C36H20BCl3F4N14O6. The van der Waals surface area contributed by atoms with Crippen LogP contribution in [-0.4, -0.2) is 88.1 Å². The van der Waals surface area contributed by atoms with Crippen molar-refractivity contribution >= 4 is 92.4 Å². The minimum absolute atomic E-state index is 0.00242. The van der Waals surface area contributed by atoms with Gasteiger partial charge in [0.15, 0.2) is 34.4 Å². The van der Waals surface area contributed by atoms with E-state index in [0.717, 1.165) is 24.3 Å². The van der Waals surface area contributed by atoms with Gasteiger partial charge in [-0.2, -0.15) is 39.9 Å². The van der Waals surface area contributed by atoms with Gasteiger partial charge in [-0.05, 0) is 62.5 Å². The maximum Gasteiger partial charge on any atom is 0.554 e. The highest BCUT2D eigenvalue weighted by molar-refractivity contribution is 6.60. The Morgan fingerprint density at radius 3 is 1.38 bits per heavy atom. The third-order valence-electron chi connectivity index (χ3n) is 9.24. The lowest BCUT2D eigenvalue weighted by Gasteiger charge is -2.32. The Morgan fingerprint density at radius 2 is 0.875 bits per heavy atom. The SMILES string of the molecule is CC1(C)OB(c2nc3cc(F)c(F)cc3o2)OC1(C)C.Clc1nc(Cl)nc(-c2nc3cncnc3o2)n1.Fc1cc2nc(-c3nc(Cl)nc(-c4nc5cncnc5o4)n3)oc2cc1F. The fraction of sp³-hybridized carbons (Fsp3) is 0.167. The van der Waals surface area contributed by atoms with Gasteiger partial charge in [0.25, 0.3) is 29.1 Å². The Bertz CT molecular complexity index is 3230. The van der Waals surface area contributed by atoms with E-state index in [9.17, 15) is 17.6 Å². The first-order valence-corrected chi connectivity index (χ1v) is 19.1. The third kappa shape index (κ3) is 8.45. The van der Waals surface area contributed by atoms with E-state index < -0.39 is 41.6 Å². The quantitative estimate of drug-likeness (QED) is 0.123. The van der Waals surface area contributed by atoms with Crippen LogP contribution in [0.5, 0.6) is 0 Å². The summed E-state index contributed by atoms with van der Waals surface area (Å²) < 4.78 is 86.2. The van der Waals surface area contributed by atoms with Crippen LogP contribution in [0.15, 0.2) is 67.0 Å². The number of fused-ring (bicyclic) bond motifs is 4. The van der Waals surface area contributed by atoms with Crippen molar-refractivity contribution in [1.29, 1.82) is 0 Å². The molecule has 2 aromatic carbocycles. The second kappa shape index (κ2) is 16.3. The van der Waals surface area contributed by atoms with E-state index in [2.05, 4.69) is 69.8 Å². The summed E-state index contributed by atoms with van der Waals surface area (Å²) in [5.74, 6) is -3.72. The van der Waals surface area contributed by atoms with E-state index >= 15 is 0 Å². The number of oxazole rings is 4. The van der Waals surface area contributed by atoms with Crippen molar-refractivity contribution in [3.8, 4) is 35.1 Å². The lowest BCUT2D eigenvalue weighted by molar-refractivity contribution is 0.00578. The highest BCUT2D eigenvalue weighted by atomic mass is 35.5. The van der Waals surface area contributed by atoms with Gasteiger partial charge in [0.2, 0.25) is 39.1 Å². The fourth-order valence-corrected chi connectivity index (χ4v) is 6.06. The van der Waals surface area contributed by atoms with Crippen molar-refractivity contribution < 1.29 is 44.5 Å². The first-order valence-electron chi connectivity index (χ1n) is 18.0. The van der Waals surface area contributed by atoms with Gasteiger partial charge < -0.3 is 27.0 Å². The summed E-state index contributed by atoms with van der Waals surface area (Å²) in [5.41, 5.74) is 0.923. The Balaban J connectivity index is 0.000000125. The van der Waals surface area contributed by atoms with Crippen molar-refractivity contribution in [1.82, 2.24) is 69.8 Å². The predicted octanol–water partition coefficient (Wildman–Crippen LogP) is 7.39. The summed E-state index contributed by atoms with van der Waals surface area (Å²) in [6.45, 7) is 7.59. The molecule has 322 valence electrons. The molecule has 0 saturated carbocycles. The third-order valence-corrected chi connectivity index (χ3v) is 9.75. The average Bonchev–Trinajstić information content (AvgIpc) is 4.07. The molecule has 9 heterocycles. The molecule has 0 amide bonds. The highest BCUT2D eigenvalue weighted by Crippen LogP contribution is 2.37. The summed E-state index contributed by atoms with van der Waals surface area (Å²) in [5, 5.41) is -0.246. The van der Waals surface area contributed by atoms with Crippen molar-refractivity contribution in [2.45, 2.75) is 38.9 Å². The van der Waals surface area contributed by atoms with E-state index in [1.165, 1.54) is 25.0 Å². The lowest BCUT2D eigenvalue weighted by atomic mass is 9.90. The van der Waals surface area contributed by atoms with E-state index in [1.807, 2.05) is 27.7 Å². The van der Waals surface area contributed by atoms with Crippen molar-refractivity contribution in [2.24, 2.45) is 0 Å². The first-order chi connectivity index (χ1) is 30.5. The van der Waals surface area contributed by atoms with Gasteiger partial charge >= 0.3 is 7.12 Å². The molecule has 0 N–H and O–H groups in total. The molecule has 0 unspecified atom stereocenters. The zero-order chi connectivity index (χ0) is 45.1. The fourth-order valence-electron chi connectivity index (χ4n) is 5.54. The van der Waals surface area contributed by atoms with Crippen molar-refractivity contribution in [2.75, 3.05) is 0 Å². The number of aromatic nitrogens is 14. The molecular weight excluding hydrogens is 918 g/mol. The molecule has 1 aliphatic rings. The van der Waals surface area contributed by atoms with Crippen LogP contribution >= 0.6 is 34.8 Å². The second-order valence-corrected chi connectivity index (χ2v) is 15.1. The summed E-state index contributed by atoms with van der Waals surface area (Å²) in [6, 6.07) is 3.74. The molecule has 0 spiro atoms. The molecule has 0 aliphatic carbocycles. The molecule has 1 fully saturated rings. The van der Waals surface area contributed by atoms with Gasteiger partial charge in [-0.1, -0.05) is 0 Å². The van der Waals surface area contributed by atoms with Crippen LogP contribution < -0.4 is 5.79 Å². The van der Waals surface area contributed by atoms with Crippen LogP contribution in [-0.2, 0) is 9.31 Å². The van der Waals surface area contributed by atoms with Crippen LogP contribution in [0.2, 0.25) is 15.9 Å². The number of halogens is 7. The number of hydrogen-bond donors (Lipinski definition) is 0. The molecule has 11 rings (SSSR count). The maximum absolute atomic E-state index is 13.4. The van der Waals surface area contributed by atoms with Gasteiger partial charge in [-0.3, -0.25) is 0 Å². The van der Waals surface area contributed by atoms with Gasteiger partial charge in [0.1, 0.15) is 34.7 Å². The highest BCUT2D eigenvalue weighted by Gasteiger charge is 2.54. The van der Waals surface area contributed by atoms with E-state index in [-0.39, 0.29) is 84.7 Å². The zero-order valence-corrected chi connectivity index (χ0v) is 34.8. The van der Waals surface area contributed by atoms with Crippen LogP contribution in [0, 0.1) is 23.3 Å². The molecule has 8 aromatic heterocycles. The molecule has 64 heavy (non-hydrogen) atoms. The molecule has 28 heteroatoms. The lowest BCUT2D eigenvalue weighted by Crippen LogP contribution is -2.41. The molecule has 0 bridgehead atoms. The summed E-state index contributed by atoms with van der Waals surface area (Å²) in [7, 11) is -0.793. The molecule has 1 aliphatic heterocycles. The second-order valence-electron chi connectivity index (χ2n) is 14.0. The summed E-state index contributed by atoms with van der Waals surface area (Å²) in [6.07, 6.45) is 5.63. The van der Waals surface area contributed by atoms with Crippen molar-refractivity contribution in [3.63, 3.8) is 0 Å².